The molecule has 0 saturated carbocycles. The second-order valence-electron chi connectivity index (χ2n) is 7.99. The number of hydrogen-bond acceptors (Lipinski definition) is 9. The van der Waals surface area contributed by atoms with Crippen molar-refractivity contribution in [3.05, 3.63) is 76.5 Å². The molecule has 1 aromatic heterocycles. The number of methoxy groups -OCH3 is 3. The molecule has 2 aromatic carbocycles. The zero-order chi connectivity index (χ0) is 27.4. The molecule has 200 valence electrons. The van der Waals surface area contributed by atoms with Crippen molar-refractivity contribution in [1.29, 1.82) is 0 Å². The first-order valence-electron chi connectivity index (χ1n) is 11.8. The summed E-state index contributed by atoms with van der Waals surface area (Å²) in [6.45, 7) is 4.66. The van der Waals surface area contributed by atoms with Gasteiger partial charge in [0.1, 0.15) is 0 Å². The van der Waals surface area contributed by atoms with Crippen molar-refractivity contribution >= 4 is 46.0 Å². The summed E-state index contributed by atoms with van der Waals surface area (Å²) < 4.78 is 30.2. The monoisotopic (exact) mass is 650 g/mol. The first-order chi connectivity index (χ1) is 18.4. The fourth-order valence-corrected chi connectivity index (χ4v) is 5.97. The van der Waals surface area contributed by atoms with Crippen molar-refractivity contribution in [2.75, 3.05) is 34.5 Å². The van der Waals surface area contributed by atoms with Gasteiger partial charge in [-0.15, -0.1) is 0 Å². The molecule has 0 amide bonds. The highest BCUT2D eigenvalue weighted by Crippen LogP contribution is 2.36. The van der Waals surface area contributed by atoms with Gasteiger partial charge in [-0.3, -0.25) is 9.36 Å². The van der Waals surface area contributed by atoms with E-state index in [0.29, 0.717) is 51.1 Å². The summed E-state index contributed by atoms with van der Waals surface area (Å²) >= 11 is 3.39. The average molecular weight is 650 g/mol. The lowest BCUT2D eigenvalue weighted by Crippen LogP contribution is -2.39. The standard InChI is InChI=1S/C27H27IN2O7S/c1-6-36-19-9-8-16(13-20(19)37-7-2)23-17(26(32)35-5)14-29-27-30(23)25(31)22(38-27)12-15-10-18(28)24(34-4)21(11-15)33-3/h8-14,23H,6-7H2,1-5H3/b22-12-/t23-/m1/s1. The molecule has 11 heteroatoms. The SMILES string of the molecule is CCOc1ccc([C@@H]2C(C(=O)OC)=CN=c3s/c(=C\c4cc(I)c(OC)c(OC)c4)c(=O)n32)cc1OCC. The predicted octanol–water partition coefficient (Wildman–Crippen LogP) is 3.44. The highest BCUT2D eigenvalue weighted by Gasteiger charge is 2.31. The van der Waals surface area contributed by atoms with Crippen LogP contribution in [-0.4, -0.2) is 45.1 Å². The number of ether oxygens (including phenoxy) is 5. The largest absolute Gasteiger partial charge is 0.493 e. The van der Waals surface area contributed by atoms with E-state index in [1.54, 1.807) is 38.5 Å². The first kappa shape index (κ1) is 27.7. The second kappa shape index (κ2) is 12.0. The van der Waals surface area contributed by atoms with Gasteiger partial charge in [-0.1, -0.05) is 17.4 Å². The van der Waals surface area contributed by atoms with E-state index < -0.39 is 12.0 Å². The van der Waals surface area contributed by atoms with E-state index in [-0.39, 0.29) is 11.1 Å². The van der Waals surface area contributed by atoms with Crippen molar-refractivity contribution in [3.8, 4) is 23.0 Å². The number of thiazole rings is 1. The van der Waals surface area contributed by atoms with Crippen LogP contribution in [0.4, 0.5) is 0 Å². The fourth-order valence-electron chi connectivity index (χ4n) is 4.16. The lowest BCUT2D eigenvalue weighted by atomic mass is 9.97. The highest BCUT2D eigenvalue weighted by molar-refractivity contribution is 14.1. The number of carbonyl (C=O) groups is 1. The zero-order valence-electron chi connectivity index (χ0n) is 21.6. The van der Waals surface area contributed by atoms with Crippen LogP contribution in [0.5, 0.6) is 23.0 Å². The molecule has 2 heterocycles. The Hall–Kier alpha value is -3.32. The minimum absolute atomic E-state index is 0.235. The third-order valence-corrected chi connectivity index (χ3v) is 7.56. The molecular formula is C27H27IN2O7S. The molecule has 0 saturated heterocycles. The van der Waals surface area contributed by atoms with Crippen molar-refractivity contribution in [2.24, 2.45) is 4.99 Å². The van der Waals surface area contributed by atoms with Crippen molar-refractivity contribution < 1.29 is 28.5 Å². The van der Waals surface area contributed by atoms with E-state index in [9.17, 15) is 9.59 Å². The number of fused-ring (bicyclic) bond motifs is 1. The molecule has 0 bridgehead atoms. The smallest absolute Gasteiger partial charge is 0.337 e. The summed E-state index contributed by atoms with van der Waals surface area (Å²) in [5.74, 6) is 1.71. The van der Waals surface area contributed by atoms with Crippen LogP contribution in [-0.2, 0) is 9.53 Å². The lowest BCUT2D eigenvalue weighted by molar-refractivity contribution is -0.136. The number of aromatic nitrogens is 1. The van der Waals surface area contributed by atoms with Gasteiger partial charge in [0.05, 0.1) is 54.3 Å². The van der Waals surface area contributed by atoms with E-state index in [4.69, 9.17) is 23.7 Å². The van der Waals surface area contributed by atoms with Crippen LogP contribution < -0.4 is 33.8 Å². The van der Waals surface area contributed by atoms with Gasteiger partial charge in [-0.05, 0) is 77.9 Å². The number of benzene rings is 2. The van der Waals surface area contributed by atoms with E-state index in [0.717, 1.165) is 9.13 Å². The molecule has 0 aliphatic carbocycles. The maximum atomic E-state index is 13.8. The number of rotatable bonds is 9. The molecule has 1 atom stereocenters. The number of carbonyl (C=O) groups excluding carboxylic acids is 1. The zero-order valence-corrected chi connectivity index (χ0v) is 24.5. The van der Waals surface area contributed by atoms with Crippen LogP contribution in [0.15, 0.2) is 51.9 Å². The maximum absolute atomic E-state index is 13.8. The van der Waals surface area contributed by atoms with Crippen LogP contribution in [0, 0.1) is 3.57 Å². The molecular weight excluding hydrogens is 623 g/mol. The summed E-state index contributed by atoms with van der Waals surface area (Å²) in [6, 6.07) is 8.32. The lowest BCUT2D eigenvalue weighted by Gasteiger charge is -2.23. The minimum Gasteiger partial charge on any atom is -0.493 e. The highest BCUT2D eigenvalue weighted by atomic mass is 127. The number of halogens is 1. The van der Waals surface area contributed by atoms with Gasteiger partial charge in [0, 0.05) is 6.20 Å². The van der Waals surface area contributed by atoms with Crippen LogP contribution in [0.25, 0.3) is 6.08 Å². The summed E-state index contributed by atoms with van der Waals surface area (Å²) in [7, 11) is 4.44. The van der Waals surface area contributed by atoms with Gasteiger partial charge in [-0.25, -0.2) is 9.79 Å². The van der Waals surface area contributed by atoms with E-state index in [1.807, 2.05) is 26.0 Å². The quantitative estimate of drug-likeness (QED) is 0.259. The molecule has 3 aromatic rings. The third kappa shape index (κ3) is 5.30. The van der Waals surface area contributed by atoms with Crippen LogP contribution in [0.2, 0.25) is 0 Å². The van der Waals surface area contributed by atoms with Gasteiger partial charge in [0.25, 0.3) is 5.56 Å². The van der Waals surface area contributed by atoms with Gasteiger partial charge < -0.3 is 23.7 Å². The Kier molecular flexibility index (Phi) is 8.77. The molecule has 0 radical (unpaired) electrons. The molecule has 1 aliphatic rings. The van der Waals surface area contributed by atoms with E-state index >= 15 is 0 Å². The van der Waals surface area contributed by atoms with E-state index in [2.05, 4.69) is 27.6 Å². The summed E-state index contributed by atoms with van der Waals surface area (Å²) in [5, 5.41) is 0. The minimum atomic E-state index is -0.763. The summed E-state index contributed by atoms with van der Waals surface area (Å²) in [5.41, 5.74) is 1.38. The van der Waals surface area contributed by atoms with Crippen LogP contribution in [0.1, 0.15) is 31.0 Å². The van der Waals surface area contributed by atoms with Gasteiger partial charge in [-0.2, -0.15) is 0 Å². The Labute approximate surface area is 237 Å². The van der Waals surface area contributed by atoms with Crippen molar-refractivity contribution in [3.63, 3.8) is 0 Å². The molecule has 0 unspecified atom stereocenters. The average Bonchev–Trinajstić information content (AvgIpc) is 3.23. The Morgan fingerprint density at radius 1 is 1.05 bits per heavy atom. The van der Waals surface area contributed by atoms with Crippen molar-refractivity contribution in [2.45, 2.75) is 19.9 Å². The second-order valence-corrected chi connectivity index (χ2v) is 10.2. The molecule has 9 nitrogen and oxygen atoms in total. The van der Waals surface area contributed by atoms with Gasteiger partial charge in [0.2, 0.25) is 0 Å². The summed E-state index contributed by atoms with van der Waals surface area (Å²) in [6.07, 6.45) is 3.23. The third-order valence-electron chi connectivity index (χ3n) is 5.76. The van der Waals surface area contributed by atoms with Crippen LogP contribution in [0.3, 0.4) is 0 Å². The Bertz CT molecular complexity index is 1580. The number of esters is 1. The fraction of sp³-hybridized carbons (Fsp3) is 0.296. The topological polar surface area (TPSA) is 97.6 Å². The Balaban J connectivity index is 1.91. The molecule has 0 N–H and O–H groups in total. The molecule has 0 spiro atoms. The van der Waals surface area contributed by atoms with Crippen LogP contribution >= 0.6 is 33.9 Å². The molecule has 38 heavy (non-hydrogen) atoms. The first-order valence-corrected chi connectivity index (χ1v) is 13.7. The normalized spacial score (nSPS) is 14.7. The maximum Gasteiger partial charge on any atom is 0.337 e. The van der Waals surface area contributed by atoms with Crippen molar-refractivity contribution in [1.82, 2.24) is 4.57 Å². The predicted molar refractivity (Wildman–Crippen MR) is 152 cm³/mol. The van der Waals surface area contributed by atoms with Gasteiger partial charge >= 0.3 is 5.97 Å². The Morgan fingerprint density at radius 3 is 2.45 bits per heavy atom. The molecule has 1 aliphatic heterocycles. The Morgan fingerprint density at radius 2 is 1.79 bits per heavy atom. The summed E-state index contributed by atoms with van der Waals surface area (Å²) in [4.78, 5) is 31.4. The molecule has 4 rings (SSSR count). The molecule has 0 fully saturated rings. The van der Waals surface area contributed by atoms with Gasteiger partial charge in [0.15, 0.2) is 27.8 Å². The number of nitrogens with zero attached hydrogens (tertiary/aromatic N) is 2. The van der Waals surface area contributed by atoms with E-state index in [1.165, 1.54) is 29.2 Å². The number of hydrogen-bond donors (Lipinski definition) is 0.